The fourth-order valence-corrected chi connectivity index (χ4v) is 1.83. The summed E-state index contributed by atoms with van der Waals surface area (Å²) in [5.41, 5.74) is 0. The van der Waals surface area contributed by atoms with Gasteiger partial charge >= 0.3 is 0 Å². The SMILES string of the molecule is CC(O)CN1CCN(C)CCC1C. The average molecular weight is 186 g/mol. The largest absolute Gasteiger partial charge is 0.392 e. The summed E-state index contributed by atoms with van der Waals surface area (Å²) in [4.78, 5) is 4.74. The number of hydrogen-bond donors (Lipinski definition) is 1. The average Bonchev–Trinajstić information content (AvgIpc) is 2.19. The molecule has 0 bridgehead atoms. The molecule has 3 nitrogen and oxygen atoms in total. The van der Waals surface area contributed by atoms with E-state index in [1.54, 1.807) is 0 Å². The highest BCUT2D eigenvalue weighted by Gasteiger charge is 2.19. The zero-order valence-corrected chi connectivity index (χ0v) is 9.03. The molecule has 0 spiro atoms. The maximum atomic E-state index is 9.32. The molecule has 78 valence electrons. The summed E-state index contributed by atoms with van der Waals surface area (Å²) in [7, 11) is 2.17. The first-order valence-corrected chi connectivity index (χ1v) is 5.20. The van der Waals surface area contributed by atoms with E-state index in [4.69, 9.17) is 0 Å². The van der Waals surface area contributed by atoms with Gasteiger partial charge in [0.15, 0.2) is 0 Å². The Balaban J connectivity index is 2.42. The summed E-state index contributed by atoms with van der Waals surface area (Å²) >= 11 is 0. The van der Waals surface area contributed by atoms with Gasteiger partial charge in [0, 0.05) is 25.7 Å². The van der Waals surface area contributed by atoms with Crippen LogP contribution in [0.1, 0.15) is 20.3 Å². The minimum absolute atomic E-state index is 0.203. The first-order valence-electron chi connectivity index (χ1n) is 5.20. The Morgan fingerprint density at radius 3 is 2.69 bits per heavy atom. The molecule has 3 heteroatoms. The van der Waals surface area contributed by atoms with Crippen molar-refractivity contribution >= 4 is 0 Å². The Morgan fingerprint density at radius 2 is 2.08 bits per heavy atom. The highest BCUT2D eigenvalue weighted by molar-refractivity contribution is 4.75. The van der Waals surface area contributed by atoms with Crippen LogP contribution in [0.4, 0.5) is 0 Å². The Kier molecular flexibility index (Phi) is 4.16. The highest BCUT2D eigenvalue weighted by Crippen LogP contribution is 2.09. The minimum atomic E-state index is -0.203. The fraction of sp³-hybridized carbons (Fsp3) is 1.00. The monoisotopic (exact) mass is 186 g/mol. The van der Waals surface area contributed by atoms with Gasteiger partial charge in [-0.15, -0.1) is 0 Å². The third-order valence-corrected chi connectivity index (χ3v) is 2.82. The molecule has 0 radical (unpaired) electrons. The van der Waals surface area contributed by atoms with E-state index in [-0.39, 0.29) is 6.10 Å². The standard InChI is InChI=1S/C10H22N2O/c1-9-4-5-11(3)6-7-12(9)8-10(2)13/h9-10,13H,4-8H2,1-3H3. The number of β-amino-alcohol motifs (C(OH)–C–C–N with tert-alkyl or cyclic N) is 1. The van der Waals surface area contributed by atoms with E-state index < -0.39 is 0 Å². The number of nitrogens with zero attached hydrogens (tertiary/aromatic N) is 2. The quantitative estimate of drug-likeness (QED) is 0.676. The van der Waals surface area contributed by atoms with Gasteiger partial charge in [0.2, 0.25) is 0 Å². The van der Waals surface area contributed by atoms with Gasteiger partial charge in [-0.2, -0.15) is 0 Å². The molecule has 1 saturated heterocycles. The molecule has 2 atom stereocenters. The maximum absolute atomic E-state index is 9.32. The van der Waals surface area contributed by atoms with Crippen LogP contribution in [-0.4, -0.2) is 60.3 Å². The molecule has 1 aliphatic rings. The molecule has 0 amide bonds. The van der Waals surface area contributed by atoms with Crippen LogP contribution >= 0.6 is 0 Å². The van der Waals surface area contributed by atoms with Gasteiger partial charge in [0.1, 0.15) is 0 Å². The minimum Gasteiger partial charge on any atom is -0.392 e. The van der Waals surface area contributed by atoms with Crippen molar-refractivity contribution in [3.63, 3.8) is 0 Å². The van der Waals surface area contributed by atoms with Crippen molar-refractivity contribution in [2.45, 2.75) is 32.4 Å². The van der Waals surface area contributed by atoms with Crippen LogP contribution in [0.5, 0.6) is 0 Å². The second kappa shape index (κ2) is 4.94. The van der Waals surface area contributed by atoms with Crippen molar-refractivity contribution in [1.82, 2.24) is 9.80 Å². The number of hydrogen-bond acceptors (Lipinski definition) is 3. The molecule has 0 saturated carbocycles. The molecule has 0 aliphatic carbocycles. The smallest absolute Gasteiger partial charge is 0.0639 e. The van der Waals surface area contributed by atoms with Crippen LogP contribution in [0, 0.1) is 0 Å². The molecular formula is C10H22N2O. The Labute approximate surface area is 81.3 Å². The van der Waals surface area contributed by atoms with Crippen LogP contribution in [0.15, 0.2) is 0 Å². The summed E-state index contributed by atoms with van der Waals surface area (Å²) in [5.74, 6) is 0. The first kappa shape index (κ1) is 11.0. The Hall–Kier alpha value is -0.120. The lowest BCUT2D eigenvalue weighted by molar-refractivity contribution is 0.106. The molecule has 0 aromatic rings. The number of likely N-dealkylation sites (N-methyl/N-ethyl adjacent to an activating group) is 1. The van der Waals surface area contributed by atoms with Crippen molar-refractivity contribution in [3.05, 3.63) is 0 Å². The lowest BCUT2D eigenvalue weighted by Crippen LogP contribution is -2.39. The van der Waals surface area contributed by atoms with Gasteiger partial charge in [-0.05, 0) is 33.9 Å². The second-order valence-electron chi connectivity index (χ2n) is 4.28. The predicted octanol–water partition coefficient (Wildman–Crippen LogP) is 0.393. The van der Waals surface area contributed by atoms with Crippen LogP contribution < -0.4 is 0 Å². The third-order valence-electron chi connectivity index (χ3n) is 2.82. The van der Waals surface area contributed by atoms with Crippen LogP contribution in [0.2, 0.25) is 0 Å². The fourth-order valence-electron chi connectivity index (χ4n) is 1.83. The van der Waals surface area contributed by atoms with E-state index >= 15 is 0 Å². The van der Waals surface area contributed by atoms with Crippen molar-refractivity contribution < 1.29 is 5.11 Å². The van der Waals surface area contributed by atoms with Gasteiger partial charge in [-0.1, -0.05) is 0 Å². The molecule has 1 N–H and O–H groups in total. The normalized spacial score (nSPS) is 30.0. The summed E-state index contributed by atoms with van der Waals surface area (Å²) in [6, 6.07) is 0.611. The van der Waals surface area contributed by atoms with E-state index in [9.17, 15) is 5.11 Å². The van der Waals surface area contributed by atoms with Crippen molar-refractivity contribution in [3.8, 4) is 0 Å². The first-order chi connectivity index (χ1) is 6.09. The number of rotatable bonds is 2. The third kappa shape index (κ3) is 3.63. The lowest BCUT2D eigenvalue weighted by Gasteiger charge is -2.27. The summed E-state index contributed by atoms with van der Waals surface area (Å²) in [6.45, 7) is 8.31. The molecule has 0 aromatic heterocycles. The predicted molar refractivity (Wildman–Crippen MR) is 54.8 cm³/mol. The molecule has 1 fully saturated rings. The zero-order valence-electron chi connectivity index (χ0n) is 9.03. The Bertz CT molecular complexity index is 150. The van der Waals surface area contributed by atoms with Crippen molar-refractivity contribution in [2.75, 3.05) is 33.2 Å². The summed E-state index contributed by atoms with van der Waals surface area (Å²) in [6.07, 6.45) is 1.01. The molecular weight excluding hydrogens is 164 g/mol. The van der Waals surface area contributed by atoms with Crippen LogP contribution in [0.3, 0.4) is 0 Å². The second-order valence-corrected chi connectivity index (χ2v) is 4.28. The van der Waals surface area contributed by atoms with Gasteiger partial charge in [0.05, 0.1) is 6.10 Å². The van der Waals surface area contributed by atoms with E-state index in [1.807, 2.05) is 6.92 Å². The van der Waals surface area contributed by atoms with Gasteiger partial charge in [0.25, 0.3) is 0 Å². The molecule has 13 heavy (non-hydrogen) atoms. The van der Waals surface area contributed by atoms with Crippen LogP contribution in [0.25, 0.3) is 0 Å². The summed E-state index contributed by atoms with van der Waals surface area (Å²) in [5, 5.41) is 9.32. The zero-order chi connectivity index (χ0) is 9.84. The molecule has 0 aromatic carbocycles. The van der Waals surface area contributed by atoms with Crippen molar-refractivity contribution in [1.29, 1.82) is 0 Å². The lowest BCUT2D eigenvalue weighted by atomic mass is 10.2. The summed E-state index contributed by atoms with van der Waals surface area (Å²) < 4.78 is 0. The van der Waals surface area contributed by atoms with Gasteiger partial charge in [-0.3, -0.25) is 4.90 Å². The van der Waals surface area contributed by atoms with Crippen LogP contribution in [-0.2, 0) is 0 Å². The van der Waals surface area contributed by atoms with E-state index in [2.05, 4.69) is 23.8 Å². The van der Waals surface area contributed by atoms with E-state index in [0.717, 1.165) is 19.6 Å². The molecule has 1 rings (SSSR count). The van der Waals surface area contributed by atoms with E-state index in [1.165, 1.54) is 13.0 Å². The topological polar surface area (TPSA) is 26.7 Å². The van der Waals surface area contributed by atoms with Gasteiger partial charge < -0.3 is 10.0 Å². The van der Waals surface area contributed by atoms with Gasteiger partial charge in [-0.25, -0.2) is 0 Å². The van der Waals surface area contributed by atoms with E-state index in [0.29, 0.717) is 6.04 Å². The Morgan fingerprint density at radius 1 is 1.38 bits per heavy atom. The number of aliphatic hydroxyl groups excluding tert-OH is 1. The highest BCUT2D eigenvalue weighted by atomic mass is 16.3. The molecule has 1 heterocycles. The molecule has 1 aliphatic heterocycles. The van der Waals surface area contributed by atoms with Crippen molar-refractivity contribution in [2.24, 2.45) is 0 Å². The number of aliphatic hydroxyl groups is 1. The molecule has 2 unspecified atom stereocenters. The maximum Gasteiger partial charge on any atom is 0.0639 e.